The predicted molar refractivity (Wildman–Crippen MR) is 93.4 cm³/mol. The maximum atomic E-state index is 12.2. The van der Waals surface area contributed by atoms with Crippen LogP contribution in [-0.2, 0) is 9.84 Å². The Morgan fingerprint density at radius 1 is 1.17 bits per heavy atom. The van der Waals surface area contributed by atoms with Crippen molar-refractivity contribution in [2.75, 3.05) is 18.9 Å². The normalized spacial score (nSPS) is 11.1. The van der Waals surface area contributed by atoms with Gasteiger partial charge < -0.3 is 10.1 Å². The van der Waals surface area contributed by atoms with Gasteiger partial charge in [0.2, 0.25) is 0 Å². The first-order valence-corrected chi connectivity index (χ1v) is 9.45. The second kappa shape index (κ2) is 8.17. The first-order chi connectivity index (χ1) is 11.4. The molecule has 0 heterocycles. The van der Waals surface area contributed by atoms with E-state index in [0.717, 1.165) is 0 Å². The lowest BCUT2D eigenvalue weighted by Gasteiger charge is -2.11. The van der Waals surface area contributed by atoms with E-state index in [4.69, 9.17) is 16.3 Å². The zero-order chi connectivity index (χ0) is 17.6. The van der Waals surface area contributed by atoms with Crippen LogP contribution >= 0.6 is 11.6 Å². The highest BCUT2D eigenvalue weighted by molar-refractivity contribution is 7.91. The molecule has 5 nitrogen and oxygen atoms in total. The number of halogens is 1. The van der Waals surface area contributed by atoms with Crippen LogP contribution in [0.25, 0.3) is 0 Å². The molecule has 0 fully saturated rings. The molecule has 0 bridgehead atoms. The molecule has 24 heavy (non-hydrogen) atoms. The van der Waals surface area contributed by atoms with Gasteiger partial charge >= 0.3 is 0 Å². The van der Waals surface area contributed by atoms with E-state index in [1.807, 2.05) is 0 Å². The number of benzene rings is 2. The fourth-order valence-electron chi connectivity index (χ4n) is 2.07. The average Bonchev–Trinajstić information content (AvgIpc) is 2.58. The molecule has 0 aliphatic carbocycles. The molecule has 2 rings (SSSR count). The second-order valence-corrected chi connectivity index (χ2v) is 7.64. The van der Waals surface area contributed by atoms with Crippen molar-refractivity contribution in [3.8, 4) is 5.75 Å². The molecular weight excluding hydrogens is 350 g/mol. The summed E-state index contributed by atoms with van der Waals surface area (Å²) in [6.07, 6.45) is 0. The van der Waals surface area contributed by atoms with Gasteiger partial charge in [0.15, 0.2) is 9.84 Å². The monoisotopic (exact) mass is 367 g/mol. The molecule has 0 aliphatic heterocycles. The molecule has 0 unspecified atom stereocenters. The smallest absolute Gasteiger partial charge is 0.252 e. The number of rotatable bonds is 7. The molecule has 0 spiro atoms. The number of amides is 1. The van der Waals surface area contributed by atoms with E-state index in [9.17, 15) is 13.2 Å². The van der Waals surface area contributed by atoms with Crippen LogP contribution in [0.2, 0.25) is 5.02 Å². The minimum absolute atomic E-state index is 0.0424. The largest absolute Gasteiger partial charge is 0.492 e. The van der Waals surface area contributed by atoms with Crippen LogP contribution in [0.1, 0.15) is 17.3 Å². The van der Waals surface area contributed by atoms with Gasteiger partial charge in [0.1, 0.15) is 12.4 Å². The van der Waals surface area contributed by atoms with Gasteiger partial charge in [0.25, 0.3) is 5.91 Å². The van der Waals surface area contributed by atoms with Crippen molar-refractivity contribution in [2.45, 2.75) is 11.8 Å². The lowest BCUT2D eigenvalue weighted by molar-refractivity contribution is 0.0943. The summed E-state index contributed by atoms with van der Waals surface area (Å²) in [5.74, 6) is 0.0952. The third kappa shape index (κ3) is 4.72. The van der Waals surface area contributed by atoms with Crippen LogP contribution < -0.4 is 10.1 Å². The summed E-state index contributed by atoms with van der Waals surface area (Å²) in [6.45, 7) is 2.03. The molecule has 0 atom stereocenters. The van der Waals surface area contributed by atoms with Crippen LogP contribution in [-0.4, -0.2) is 33.2 Å². The van der Waals surface area contributed by atoms with Gasteiger partial charge in [-0.05, 0) is 30.3 Å². The lowest BCUT2D eigenvalue weighted by Crippen LogP contribution is -2.29. The van der Waals surface area contributed by atoms with E-state index in [0.29, 0.717) is 10.8 Å². The maximum absolute atomic E-state index is 12.2. The molecule has 7 heteroatoms. The van der Waals surface area contributed by atoms with E-state index in [-0.39, 0.29) is 29.4 Å². The van der Waals surface area contributed by atoms with Crippen molar-refractivity contribution >= 4 is 27.3 Å². The molecule has 0 radical (unpaired) electrons. The molecule has 128 valence electrons. The highest BCUT2D eigenvalue weighted by Crippen LogP contribution is 2.18. The Hall–Kier alpha value is -2.05. The second-order valence-electron chi connectivity index (χ2n) is 4.96. The van der Waals surface area contributed by atoms with Gasteiger partial charge in [-0.15, -0.1) is 0 Å². The molecule has 0 aromatic heterocycles. The summed E-state index contributed by atoms with van der Waals surface area (Å²) in [5.41, 5.74) is 0.141. The first kappa shape index (κ1) is 18.3. The first-order valence-electron chi connectivity index (χ1n) is 7.42. The fraction of sp³-hybridized carbons (Fsp3) is 0.235. The molecule has 0 saturated heterocycles. The predicted octanol–water partition coefficient (Wildman–Crippen LogP) is 2.94. The molecular formula is C17H18ClNO4S. The van der Waals surface area contributed by atoms with Gasteiger partial charge in [0, 0.05) is 5.02 Å². The van der Waals surface area contributed by atoms with E-state index in [2.05, 4.69) is 5.32 Å². The Balaban J connectivity index is 1.96. The Morgan fingerprint density at radius 2 is 1.92 bits per heavy atom. The SMILES string of the molecule is CCS(=O)(=O)c1ccccc1C(=O)NCCOc1cccc(Cl)c1. The topological polar surface area (TPSA) is 72.5 Å². The van der Waals surface area contributed by atoms with Crippen molar-refractivity contribution in [2.24, 2.45) is 0 Å². The Morgan fingerprint density at radius 3 is 2.62 bits per heavy atom. The number of hydrogen-bond donors (Lipinski definition) is 1. The van der Waals surface area contributed by atoms with E-state index >= 15 is 0 Å². The summed E-state index contributed by atoms with van der Waals surface area (Å²) in [5, 5.41) is 3.22. The third-order valence-corrected chi connectivity index (χ3v) is 5.32. The summed E-state index contributed by atoms with van der Waals surface area (Å²) < 4.78 is 29.6. The number of hydrogen-bond acceptors (Lipinski definition) is 4. The van der Waals surface area contributed by atoms with Crippen LogP contribution in [0.15, 0.2) is 53.4 Å². The van der Waals surface area contributed by atoms with Gasteiger partial charge in [-0.1, -0.05) is 36.7 Å². The highest BCUT2D eigenvalue weighted by Gasteiger charge is 2.20. The summed E-state index contributed by atoms with van der Waals surface area (Å²) in [6, 6.07) is 13.1. The average molecular weight is 368 g/mol. The van der Waals surface area contributed by atoms with Crippen LogP contribution in [0.5, 0.6) is 5.75 Å². The molecule has 0 aliphatic rings. The Bertz CT molecular complexity index is 821. The summed E-state index contributed by atoms with van der Waals surface area (Å²) in [7, 11) is -3.46. The third-order valence-electron chi connectivity index (χ3n) is 3.30. The maximum Gasteiger partial charge on any atom is 0.252 e. The molecule has 2 aromatic carbocycles. The fourth-order valence-corrected chi connectivity index (χ4v) is 3.34. The standard InChI is InChI=1S/C17H18ClNO4S/c1-2-24(21,22)16-9-4-3-8-15(16)17(20)19-10-11-23-14-7-5-6-13(18)12-14/h3-9,12H,2,10-11H2,1H3,(H,19,20). The van der Waals surface area contributed by atoms with E-state index in [1.165, 1.54) is 12.1 Å². The van der Waals surface area contributed by atoms with Crippen LogP contribution in [0.3, 0.4) is 0 Å². The van der Waals surface area contributed by atoms with Gasteiger partial charge in [-0.25, -0.2) is 8.42 Å². The number of ether oxygens (including phenoxy) is 1. The van der Waals surface area contributed by atoms with Crippen molar-refractivity contribution in [1.82, 2.24) is 5.32 Å². The molecule has 1 amide bonds. The van der Waals surface area contributed by atoms with Gasteiger partial charge in [-0.3, -0.25) is 4.79 Å². The van der Waals surface area contributed by atoms with Crippen LogP contribution in [0, 0.1) is 0 Å². The Kier molecular flexibility index (Phi) is 6.23. The van der Waals surface area contributed by atoms with Crippen molar-refractivity contribution in [3.05, 3.63) is 59.1 Å². The van der Waals surface area contributed by atoms with Crippen molar-refractivity contribution < 1.29 is 17.9 Å². The van der Waals surface area contributed by atoms with E-state index in [1.54, 1.807) is 43.3 Å². The minimum Gasteiger partial charge on any atom is -0.492 e. The number of sulfone groups is 1. The van der Waals surface area contributed by atoms with Crippen molar-refractivity contribution in [1.29, 1.82) is 0 Å². The molecule has 2 aromatic rings. The number of nitrogens with one attached hydrogen (secondary N) is 1. The Labute approximate surface area is 146 Å². The van der Waals surface area contributed by atoms with Gasteiger partial charge in [-0.2, -0.15) is 0 Å². The highest BCUT2D eigenvalue weighted by atomic mass is 35.5. The van der Waals surface area contributed by atoms with Crippen molar-refractivity contribution in [3.63, 3.8) is 0 Å². The van der Waals surface area contributed by atoms with Gasteiger partial charge in [0.05, 0.1) is 22.8 Å². The quantitative estimate of drug-likeness (QED) is 0.764. The minimum atomic E-state index is -3.46. The zero-order valence-corrected chi connectivity index (χ0v) is 14.7. The lowest BCUT2D eigenvalue weighted by atomic mass is 10.2. The number of carbonyl (C=O) groups excluding carboxylic acids is 1. The van der Waals surface area contributed by atoms with E-state index < -0.39 is 15.7 Å². The number of carbonyl (C=O) groups is 1. The molecule has 1 N–H and O–H groups in total. The molecule has 0 saturated carbocycles. The summed E-state index contributed by atoms with van der Waals surface area (Å²) in [4.78, 5) is 12.3. The van der Waals surface area contributed by atoms with Crippen LogP contribution in [0.4, 0.5) is 0 Å². The summed E-state index contributed by atoms with van der Waals surface area (Å²) >= 11 is 5.86. The zero-order valence-electron chi connectivity index (χ0n) is 13.2.